The molecular weight excluding hydrogens is 477 g/mol. The predicted octanol–water partition coefficient (Wildman–Crippen LogP) is 4.53. The maximum Gasteiger partial charge on any atom is 0.573 e. The van der Waals surface area contributed by atoms with E-state index in [4.69, 9.17) is 4.55 Å². The summed E-state index contributed by atoms with van der Waals surface area (Å²) in [4.78, 5) is 8.61. The lowest BCUT2D eigenvalue weighted by molar-refractivity contribution is -0.274. The predicted molar refractivity (Wildman–Crippen MR) is 121 cm³/mol. The van der Waals surface area contributed by atoms with Gasteiger partial charge in [0.25, 0.3) is 0 Å². The smallest absolute Gasteiger partial charge is 0.454 e. The fourth-order valence-corrected chi connectivity index (χ4v) is 2.98. The van der Waals surface area contributed by atoms with Crippen molar-refractivity contribution in [3.05, 3.63) is 54.6 Å². The van der Waals surface area contributed by atoms with Crippen molar-refractivity contribution < 1.29 is 31.8 Å². The molecule has 1 aromatic heterocycles. The van der Waals surface area contributed by atoms with Gasteiger partial charge in [-0.05, 0) is 43.3 Å². The number of ether oxygens (including phenoxy) is 1. The zero-order chi connectivity index (χ0) is 24.7. The molecule has 14 heteroatoms. The van der Waals surface area contributed by atoms with Crippen LogP contribution in [0.1, 0.15) is 6.92 Å². The van der Waals surface area contributed by atoms with Crippen molar-refractivity contribution in [1.82, 2.24) is 9.97 Å². The number of aliphatic hydroxyl groups is 1. The topological polar surface area (TPSA) is 141 Å². The first kappa shape index (κ1) is 25.0. The van der Waals surface area contributed by atoms with Crippen LogP contribution in [0.25, 0.3) is 11.3 Å². The second-order valence-electron chi connectivity index (χ2n) is 6.88. The first-order valence-electron chi connectivity index (χ1n) is 9.69. The van der Waals surface area contributed by atoms with Crippen LogP contribution in [0.2, 0.25) is 0 Å². The van der Waals surface area contributed by atoms with Crippen LogP contribution in [0.4, 0.5) is 36.3 Å². The minimum Gasteiger partial charge on any atom is -0.454 e. The van der Waals surface area contributed by atoms with Gasteiger partial charge in [0.15, 0.2) is 5.82 Å². The van der Waals surface area contributed by atoms with Crippen LogP contribution in [0.3, 0.4) is 0 Å². The molecule has 5 N–H and O–H groups in total. The summed E-state index contributed by atoms with van der Waals surface area (Å²) < 4.78 is 64.8. The van der Waals surface area contributed by atoms with Crippen LogP contribution in [0, 0.1) is 0 Å². The Hall–Kier alpha value is -3.62. The van der Waals surface area contributed by atoms with Gasteiger partial charge in [-0.3, -0.25) is 10.9 Å². The van der Waals surface area contributed by atoms with E-state index in [9.17, 15) is 22.5 Å². The van der Waals surface area contributed by atoms with Crippen LogP contribution < -0.4 is 20.9 Å². The third kappa shape index (κ3) is 7.75. The average molecular weight is 497 g/mol. The SMILES string of the molecule is C[C@@H](CO)Nc1nc(NNc2ccc(N=[S-](=O)O)cc2)cc(-c2cccc(OC(F)(F)F)c2)n1. The van der Waals surface area contributed by atoms with E-state index in [1.54, 1.807) is 25.1 Å². The zero-order valence-corrected chi connectivity index (χ0v) is 18.4. The molecule has 0 radical (unpaired) electrons. The molecule has 0 bridgehead atoms. The van der Waals surface area contributed by atoms with Crippen LogP contribution in [-0.2, 0) is 15.1 Å². The number of aromatic nitrogens is 2. The molecule has 0 aliphatic carbocycles. The Bertz CT molecular complexity index is 1200. The van der Waals surface area contributed by atoms with Crippen LogP contribution >= 0.6 is 0 Å². The van der Waals surface area contributed by atoms with Crippen molar-refractivity contribution in [2.75, 3.05) is 22.8 Å². The summed E-state index contributed by atoms with van der Waals surface area (Å²) in [7, 11) is -2.32. The number of aliphatic hydroxyl groups excluding tert-OH is 1. The zero-order valence-electron chi connectivity index (χ0n) is 17.6. The minimum atomic E-state index is -4.83. The Labute approximate surface area is 194 Å². The van der Waals surface area contributed by atoms with E-state index in [-0.39, 0.29) is 24.4 Å². The fraction of sp³-hybridized carbons (Fsp3) is 0.200. The van der Waals surface area contributed by atoms with Crippen molar-refractivity contribution in [3.63, 3.8) is 0 Å². The number of alkyl halides is 3. The summed E-state index contributed by atoms with van der Waals surface area (Å²) >= 11 is 0. The first-order chi connectivity index (χ1) is 16.1. The number of hydrogen-bond donors (Lipinski definition) is 5. The minimum absolute atomic E-state index is 0.130. The van der Waals surface area contributed by atoms with Gasteiger partial charge in [-0.1, -0.05) is 23.0 Å². The molecule has 1 atom stereocenters. The summed E-state index contributed by atoms with van der Waals surface area (Å²) in [6, 6.07) is 12.7. The Kier molecular flexibility index (Phi) is 8.09. The number of nitrogens with one attached hydrogen (secondary N) is 3. The summed E-state index contributed by atoms with van der Waals surface area (Å²) in [5.74, 6) is -0.00105. The molecule has 0 aliphatic heterocycles. The molecule has 10 nitrogen and oxygen atoms in total. The molecule has 0 spiro atoms. The highest BCUT2D eigenvalue weighted by Crippen LogP contribution is 2.29. The molecular formula is C20H20F3N6O4S-. The van der Waals surface area contributed by atoms with E-state index in [2.05, 4.69) is 35.2 Å². The maximum absolute atomic E-state index is 12.6. The molecule has 3 rings (SSSR count). The number of halogens is 3. The Morgan fingerprint density at radius 3 is 2.50 bits per heavy atom. The number of benzene rings is 2. The number of hydrazine groups is 1. The molecule has 0 saturated heterocycles. The largest absolute Gasteiger partial charge is 0.573 e. The number of rotatable bonds is 9. The summed E-state index contributed by atoms with van der Waals surface area (Å²) in [6.07, 6.45) is -4.83. The third-order valence-corrected chi connectivity index (χ3v) is 4.49. The standard InChI is InChI=1S/C20H20F3N6O4S/c1-12(11-30)24-19-25-17(13-3-2-4-16(9-13)33-20(21,22)23)10-18(26-19)28-27-14-5-7-15(8-6-14)29-34(31)32/h2-10,12,27,30H,11H2,1H3,(H,29,31,32)(H2,24,25,26,28)/q-1/t12-/m0/s1. The van der Waals surface area contributed by atoms with Crippen molar-refractivity contribution in [2.45, 2.75) is 19.3 Å². The lowest BCUT2D eigenvalue weighted by Crippen LogP contribution is -2.21. The van der Waals surface area contributed by atoms with Gasteiger partial charge in [-0.15, -0.1) is 13.2 Å². The lowest BCUT2D eigenvalue weighted by atomic mass is 10.1. The number of nitrogens with zero attached hydrogens (tertiary/aromatic N) is 3. The highest BCUT2D eigenvalue weighted by Gasteiger charge is 2.31. The highest BCUT2D eigenvalue weighted by molar-refractivity contribution is 7.68. The Morgan fingerprint density at radius 1 is 1.12 bits per heavy atom. The van der Waals surface area contributed by atoms with Gasteiger partial charge in [-0.2, -0.15) is 4.98 Å². The first-order valence-corrected chi connectivity index (χ1v) is 10.7. The van der Waals surface area contributed by atoms with E-state index in [0.717, 1.165) is 0 Å². The second kappa shape index (κ2) is 11.0. The molecule has 2 aromatic carbocycles. The molecule has 34 heavy (non-hydrogen) atoms. The Balaban J connectivity index is 1.86. The van der Waals surface area contributed by atoms with E-state index in [1.165, 1.54) is 36.4 Å². The van der Waals surface area contributed by atoms with Gasteiger partial charge in [-0.25, -0.2) is 4.98 Å². The summed E-state index contributed by atoms with van der Waals surface area (Å²) in [5, 5.41) is 12.2. The van der Waals surface area contributed by atoms with Crippen molar-refractivity contribution in [3.8, 4) is 17.0 Å². The van der Waals surface area contributed by atoms with Crippen LogP contribution in [0.15, 0.2) is 59.0 Å². The number of hydrogen-bond acceptors (Lipinski definition) is 10. The van der Waals surface area contributed by atoms with Gasteiger partial charge < -0.3 is 28.3 Å². The van der Waals surface area contributed by atoms with E-state index < -0.39 is 23.0 Å². The van der Waals surface area contributed by atoms with E-state index in [0.29, 0.717) is 22.6 Å². The van der Waals surface area contributed by atoms with Crippen molar-refractivity contribution >= 4 is 34.0 Å². The molecule has 0 unspecified atom stereocenters. The second-order valence-corrected chi connectivity index (χ2v) is 7.53. The molecule has 3 aromatic rings. The van der Waals surface area contributed by atoms with Gasteiger partial charge in [0, 0.05) is 23.4 Å². The molecule has 0 fully saturated rings. The third-order valence-electron chi connectivity index (χ3n) is 4.12. The molecule has 0 aliphatic rings. The lowest BCUT2D eigenvalue weighted by Gasteiger charge is -2.15. The van der Waals surface area contributed by atoms with Crippen molar-refractivity contribution in [2.24, 2.45) is 4.36 Å². The molecule has 0 saturated carbocycles. The normalized spacial score (nSPS) is 13.2. The van der Waals surface area contributed by atoms with E-state index >= 15 is 0 Å². The summed E-state index contributed by atoms with van der Waals surface area (Å²) in [6.45, 7) is 1.50. The van der Waals surface area contributed by atoms with Gasteiger partial charge in [0.2, 0.25) is 5.95 Å². The molecule has 0 amide bonds. The van der Waals surface area contributed by atoms with Gasteiger partial charge in [0.1, 0.15) is 5.75 Å². The Morgan fingerprint density at radius 2 is 1.85 bits per heavy atom. The van der Waals surface area contributed by atoms with E-state index in [1.807, 2.05) is 0 Å². The molecule has 1 heterocycles. The van der Waals surface area contributed by atoms with Gasteiger partial charge >= 0.3 is 6.36 Å². The van der Waals surface area contributed by atoms with Gasteiger partial charge in [0.05, 0.1) is 18.0 Å². The monoisotopic (exact) mass is 497 g/mol. The summed E-state index contributed by atoms with van der Waals surface area (Å²) in [5.41, 5.74) is 7.26. The van der Waals surface area contributed by atoms with Crippen LogP contribution in [-0.4, -0.2) is 38.6 Å². The van der Waals surface area contributed by atoms with Crippen molar-refractivity contribution in [1.29, 1.82) is 0 Å². The average Bonchev–Trinajstić information content (AvgIpc) is 2.77. The van der Waals surface area contributed by atoms with Crippen LogP contribution in [0.5, 0.6) is 5.75 Å². The highest BCUT2D eigenvalue weighted by atomic mass is 32.2. The maximum atomic E-state index is 12.6. The quantitative estimate of drug-likeness (QED) is 0.164. The molecule has 182 valence electrons. The fourth-order valence-electron chi connectivity index (χ4n) is 2.67. The number of anilines is 3.